The molecule has 1 aliphatic rings. The Kier molecular flexibility index (Phi) is 5.05. The van der Waals surface area contributed by atoms with Crippen LogP contribution < -0.4 is 5.73 Å². The first kappa shape index (κ1) is 12.5. The molecular weight excluding hydrogens is 190 g/mol. The number of nitrogens with zero attached hydrogens (tertiary/aromatic N) is 2. The number of carbonyl (C=O) groups excluding carboxylic acids is 1. The zero-order chi connectivity index (χ0) is 11.3. The Labute approximate surface area is 92.4 Å². The van der Waals surface area contributed by atoms with E-state index >= 15 is 0 Å². The first-order chi connectivity index (χ1) is 7.09. The van der Waals surface area contributed by atoms with Crippen LogP contribution in [-0.4, -0.2) is 55.5 Å². The van der Waals surface area contributed by atoms with Gasteiger partial charge in [-0.3, -0.25) is 4.79 Å². The fourth-order valence-electron chi connectivity index (χ4n) is 2.12. The Morgan fingerprint density at radius 2 is 2.07 bits per heavy atom. The molecule has 1 aliphatic heterocycles. The van der Waals surface area contributed by atoms with Crippen molar-refractivity contribution in [2.24, 2.45) is 5.73 Å². The third-order valence-corrected chi connectivity index (χ3v) is 3.25. The van der Waals surface area contributed by atoms with Crippen molar-refractivity contribution in [1.29, 1.82) is 0 Å². The minimum Gasteiger partial charge on any atom is -0.370 e. The molecule has 4 nitrogen and oxygen atoms in total. The molecule has 1 fully saturated rings. The number of hydrogen-bond acceptors (Lipinski definition) is 3. The molecule has 1 saturated heterocycles. The molecule has 2 N–H and O–H groups in total. The van der Waals surface area contributed by atoms with Crippen molar-refractivity contribution < 1.29 is 4.79 Å². The summed E-state index contributed by atoms with van der Waals surface area (Å²) in [5.74, 6) is -0.188. The molecule has 0 spiro atoms. The molecule has 0 unspecified atom stereocenters. The van der Waals surface area contributed by atoms with Gasteiger partial charge in [0.2, 0.25) is 5.91 Å². The minimum atomic E-state index is -0.188. The van der Waals surface area contributed by atoms with Gasteiger partial charge in [-0.05, 0) is 53.0 Å². The maximum Gasteiger partial charge on any atom is 0.217 e. The van der Waals surface area contributed by atoms with Crippen molar-refractivity contribution in [2.75, 3.05) is 33.7 Å². The molecule has 0 saturated carbocycles. The highest BCUT2D eigenvalue weighted by molar-refractivity contribution is 5.73. The molecule has 1 heterocycles. The number of carbonyl (C=O) groups is 1. The molecule has 0 aromatic heterocycles. The van der Waals surface area contributed by atoms with Crippen LogP contribution in [0.5, 0.6) is 0 Å². The average Bonchev–Trinajstić information content (AvgIpc) is 2.18. The smallest absolute Gasteiger partial charge is 0.217 e. The molecule has 4 heteroatoms. The monoisotopic (exact) mass is 213 g/mol. The van der Waals surface area contributed by atoms with Crippen LogP contribution in [0.1, 0.15) is 25.7 Å². The lowest BCUT2D eigenvalue weighted by Gasteiger charge is -2.35. The van der Waals surface area contributed by atoms with E-state index in [1.807, 2.05) is 0 Å². The van der Waals surface area contributed by atoms with Crippen molar-refractivity contribution in [1.82, 2.24) is 9.80 Å². The van der Waals surface area contributed by atoms with Gasteiger partial charge in [0, 0.05) is 12.5 Å². The maximum atomic E-state index is 10.6. The quantitative estimate of drug-likeness (QED) is 0.713. The molecule has 1 rings (SSSR count). The lowest BCUT2D eigenvalue weighted by atomic mass is 10.0. The number of nitrogens with two attached hydrogens (primary N) is 1. The van der Waals surface area contributed by atoms with E-state index < -0.39 is 0 Å². The van der Waals surface area contributed by atoms with Crippen LogP contribution in [0.3, 0.4) is 0 Å². The first-order valence-corrected chi connectivity index (χ1v) is 5.76. The number of hydrogen-bond donors (Lipinski definition) is 1. The van der Waals surface area contributed by atoms with E-state index in [2.05, 4.69) is 23.9 Å². The highest BCUT2D eigenvalue weighted by Gasteiger charge is 2.19. The summed E-state index contributed by atoms with van der Waals surface area (Å²) in [4.78, 5) is 15.3. The van der Waals surface area contributed by atoms with Crippen LogP contribution in [0.25, 0.3) is 0 Å². The third kappa shape index (κ3) is 4.62. The Hall–Kier alpha value is -0.610. The number of rotatable bonds is 5. The van der Waals surface area contributed by atoms with Crippen molar-refractivity contribution in [3.8, 4) is 0 Å². The summed E-state index contributed by atoms with van der Waals surface area (Å²) in [5.41, 5.74) is 5.11. The average molecular weight is 213 g/mol. The summed E-state index contributed by atoms with van der Waals surface area (Å²) < 4.78 is 0. The molecule has 0 bridgehead atoms. The normalized spacial score (nSPS) is 19.7. The summed E-state index contributed by atoms with van der Waals surface area (Å²) in [6.45, 7) is 3.35. The SMILES string of the molecule is CN1CCC(N(C)CCCC(N)=O)CC1. The molecular formula is C11H23N3O. The van der Waals surface area contributed by atoms with Crippen LogP contribution in [-0.2, 0) is 4.79 Å². The number of likely N-dealkylation sites (tertiary alicyclic amines) is 1. The summed E-state index contributed by atoms with van der Waals surface area (Å²) in [6, 6.07) is 0.689. The van der Waals surface area contributed by atoms with Crippen LogP contribution >= 0.6 is 0 Å². The van der Waals surface area contributed by atoms with Gasteiger partial charge in [0.1, 0.15) is 0 Å². The number of primary amides is 1. The number of piperidine rings is 1. The third-order valence-electron chi connectivity index (χ3n) is 3.25. The number of amides is 1. The van der Waals surface area contributed by atoms with Crippen molar-refractivity contribution in [3.63, 3.8) is 0 Å². The predicted octanol–water partition coefficient (Wildman–Crippen LogP) is 0.278. The summed E-state index contributed by atoms with van der Waals surface area (Å²) in [5, 5.41) is 0. The Morgan fingerprint density at radius 3 is 2.60 bits per heavy atom. The van der Waals surface area contributed by atoms with Crippen LogP contribution in [0.15, 0.2) is 0 Å². The van der Waals surface area contributed by atoms with Crippen molar-refractivity contribution in [3.05, 3.63) is 0 Å². The lowest BCUT2D eigenvalue weighted by Crippen LogP contribution is -2.42. The predicted molar refractivity (Wildman–Crippen MR) is 61.6 cm³/mol. The van der Waals surface area contributed by atoms with Crippen LogP contribution in [0.4, 0.5) is 0 Å². The van der Waals surface area contributed by atoms with Gasteiger partial charge < -0.3 is 15.5 Å². The standard InChI is InChI=1S/C11H23N3O/c1-13-8-5-10(6-9-13)14(2)7-3-4-11(12)15/h10H,3-9H2,1-2H3,(H2,12,15). The van der Waals surface area contributed by atoms with Crippen molar-refractivity contribution >= 4 is 5.91 Å². The zero-order valence-electron chi connectivity index (χ0n) is 9.91. The molecule has 88 valence electrons. The fourth-order valence-corrected chi connectivity index (χ4v) is 2.12. The second kappa shape index (κ2) is 6.08. The van der Waals surface area contributed by atoms with E-state index in [1.165, 1.54) is 25.9 Å². The van der Waals surface area contributed by atoms with Crippen molar-refractivity contribution in [2.45, 2.75) is 31.7 Å². The Morgan fingerprint density at radius 1 is 1.47 bits per heavy atom. The van der Waals surface area contributed by atoms with Gasteiger partial charge in [-0.15, -0.1) is 0 Å². The van der Waals surface area contributed by atoms with Gasteiger partial charge in [0.05, 0.1) is 0 Å². The second-order valence-electron chi connectivity index (χ2n) is 4.58. The summed E-state index contributed by atoms with van der Waals surface area (Å²) in [6.07, 6.45) is 3.88. The van der Waals surface area contributed by atoms with Gasteiger partial charge in [0.25, 0.3) is 0 Å². The summed E-state index contributed by atoms with van der Waals surface area (Å²) >= 11 is 0. The summed E-state index contributed by atoms with van der Waals surface area (Å²) in [7, 11) is 4.32. The maximum absolute atomic E-state index is 10.6. The highest BCUT2D eigenvalue weighted by Crippen LogP contribution is 2.14. The molecule has 1 amide bonds. The van der Waals surface area contributed by atoms with Crippen LogP contribution in [0, 0.1) is 0 Å². The second-order valence-corrected chi connectivity index (χ2v) is 4.58. The Bertz CT molecular complexity index is 200. The van der Waals surface area contributed by atoms with E-state index in [4.69, 9.17) is 5.73 Å². The molecule has 0 aromatic rings. The molecule has 0 radical (unpaired) electrons. The fraction of sp³-hybridized carbons (Fsp3) is 0.909. The molecule has 0 aliphatic carbocycles. The van der Waals surface area contributed by atoms with Gasteiger partial charge in [0.15, 0.2) is 0 Å². The molecule has 15 heavy (non-hydrogen) atoms. The van der Waals surface area contributed by atoms with Gasteiger partial charge in [-0.2, -0.15) is 0 Å². The highest BCUT2D eigenvalue weighted by atomic mass is 16.1. The molecule has 0 atom stereocenters. The van der Waals surface area contributed by atoms with E-state index in [0.29, 0.717) is 12.5 Å². The van der Waals surface area contributed by atoms with Gasteiger partial charge >= 0.3 is 0 Å². The van der Waals surface area contributed by atoms with Gasteiger partial charge in [-0.25, -0.2) is 0 Å². The first-order valence-electron chi connectivity index (χ1n) is 5.76. The van der Waals surface area contributed by atoms with E-state index in [0.717, 1.165) is 13.0 Å². The minimum absolute atomic E-state index is 0.188. The largest absolute Gasteiger partial charge is 0.370 e. The van der Waals surface area contributed by atoms with Crippen LogP contribution in [0.2, 0.25) is 0 Å². The molecule has 0 aromatic carbocycles. The van der Waals surface area contributed by atoms with E-state index in [9.17, 15) is 4.79 Å². The lowest BCUT2D eigenvalue weighted by molar-refractivity contribution is -0.118. The topological polar surface area (TPSA) is 49.6 Å². The van der Waals surface area contributed by atoms with E-state index in [-0.39, 0.29) is 5.91 Å². The van der Waals surface area contributed by atoms with E-state index in [1.54, 1.807) is 0 Å². The zero-order valence-corrected chi connectivity index (χ0v) is 9.91. The Balaban J connectivity index is 2.16. The van der Waals surface area contributed by atoms with Gasteiger partial charge in [-0.1, -0.05) is 0 Å².